The lowest BCUT2D eigenvalue weighted by molar-refractivity contribution is -0.129. The van der Waals surface area contributed by atoms with Gasteiger partial charge < -0.3 is 20.9 Å². The van der Waals surface area contributed by atoms with Crippen LogP contribution in [0.2, 0.25) is 5.02 Å². The number of piperazine rings is 1. The van der Waals surface area contributed by atoms with Gasteiger partial charge in [0.1, 0.15) is 11.9 Å². The molecule has 12 nitrogen and oxygen atoms in total. The number of carbonyl (C=O) groups is 3. The summed E-state index contributed by atoms with van der Waals surface area (Å²) >= 11 is 6.12. The van der Waals surface area contributed by atoms with Crippen LogP contribution in [0.15, 0.2) is 59.5 Å². The average molecular weight is 600 g/mol. The van der Waals surface area contributed by atoms with Gasteiger partial charge in [-0.25, -0.2) is 27.7 Å². The zero-order chi connectivity index (χ0) is 29.1. The van der Waals surface area contributed by atoms with Crippen molar-refractivity contribution in [2.45, 2.75) is 30.2 Å². The van der Waals surface area contributed by atoms with Gasteiger partial charge in [0.05, 0.1) is 10.4 Å². The van der Waals surface area contributed by atoms with Crippen molar-refractivity contribution in [1.82, 2.24) is 24.8 Å². The van der Waals surface area contributed by atoms with E-state index in [1.54, 1.807) is 29.2 Å². The Morgan fingerprint density at radius 3 is 2.41 bits per heavy atom. The SMILES string of the molecule is Nc1cc(N2CCN(C(=O)NC3CCCCN(C(=O)NS(=O)(=O)c4ccccc4)C3=O)CC2)c2ccc(Cl)cc2n1. The van der Waals surface area contributed by atoms with Crippen LogP contribution in [-0.4, -0.2) is 79.9 Å². The number of urea groups is 2. The standard InChI is InChI=1S/C27H30ClN7O5S/c28-18-9-10-20-22(16-18)30-24(29)17-23(20)33-12-14-34(15-13-33)26(37)31-21-8-4-5-11-35(25(21)36)27(38)32-41(39,40)19-6-2-1-3-7-19/h1-3,6-7,9-10,16-17,21H,4-5,8,11-15H2,(H2,29,30)(H,31,37)(H,32,38). The number of carbonyl (C=O) groups excluding carboxylic acids is 3. The van der Waals surface area contributed by atoms with Crippen molar-refractivity contribution in [1.29, 1.82) is 0 Å². The molecule has 0 spiro atoms. The van der Waals surface area contributed by atoms with Crippen molar-refractivity contribution in [3.63, 3.8) is 0 Å². The minimum atomic E-state index is -4.16. The summed E-state index contributed by atoms with van der Waals surface area (Å²) in [6.45, 7) is 1.89. The molecule has 216 valence electrons. The molecule has 2 aliphatic rings. The van der Waals surface area contributed by atoms with Crippen molar-refractivity contribution in [2.24, 2.45) is 0 Å². The highest BCUT2D eigenvalue weighted by molar-refractivity contribution is 7.90. The van der Waals surface area contributed by atoms with E-state index in [0.29, 0.717) is 61.8 Å². The average Bonchev–Trinajstić information content (AvgIpc) is 3.13. The van der Waals surface area contributed by atoms with Crippen LogP contribution in [0.25, 0.3) is 10.9 Å². The third-order valence-corrected chi connectivity index (χ3v) is 8.76. The Labute approximate surface area is 242 Å². The largest absolute Gasteiger partial charge is 0.384 e. The molecule has 1 aromatic heterocycles. The van der Waals surface area contributed by atoms with Crippen LogP contribution in [0, 0.1) is 0 Å². The number of likely N-dealkylation sites (tertiary alicyclic amines) is 1. The number of benzene rings is 2. The van der Waals surface area contributed by atoms with Gasteiger partial charge in [-0.2, -0.15) is 0 Å². The molecule has 3 aromatic rings. The molecule has 4 N–H and O–H groups in total. The Bertz CT molecular complexity index is 1570. The van der Waals surface area contributed by atoms with Crippen LogP contribution in [0.3, 0.4) is 0 Å². The van der Waals surface area contributed by atoms with E-state index in [1.807, 2.05) is 10.8 Å². The fraction of sp³-hybridized carbons (Fsp3) is 0.333. The lowest BCUT2D eigenvalue weighted by atomic mass is 10.1. The van der Waals surface area contributed by atoms with Crippen LogP contribution in [0.4, 0.5) is 21.1 Å². The first-order valence-corrected chi connectivity index (χ1v) is 15.1. The molecule has 2 fully saturated rings. The maximum absolute atomic E-state index is 13.2. The number of halogens is 1. The number of imide groups is 1. The molecular weight excluding hydrogens is 570 g/mol. The van der Waals surface area contributed by atoms with Gasteiger partial charge in [0.2, 0.25) is 0 Å². The molecule has 2 aromatic carbocycles. The second-order valence-corrected chi connectivity index (χ2v) is 12.0. The zero-order valence-corrected chi connectivity index (χ0v) is 23.7. The highest BCUT2D eigenvalue weighted by atomic mass is 35.5. The molecule has 5 rings (SSSR count). The van der Waals surface area contributed by atoms with E-state index >= 15 is 0 Å². The Morgan fingerprint density at radius 1 is 0.951 bits per heavy atom. The van der Waals surface area contributed by atoms with Crippen LogP contribution < -0.4 is 20.7 Å². The number of nitrogens with two attached hydrogens (primary N) is 1. The maximum Gasteiger partial charge on any atom is 0.338 e. The number of nitrogen functional groups attached to an aromatic ring is 1. The van der Waals surface area contributed by atoms with Crippen molar-refractivity contribution < 1.29 is 22.8 Å². The third kappa shape index (κ3) is 6.30. The summed E-state index contributed by atoms with van der Waals surface area (Å²) in [5, 5.41) is 4.22. The zero-order valence-electron chi connectivity index (χ0n) is 22.1. The monoisotopic (exact) mass is 599 g/mol. The van der Waals surface area contributed by atoms with Gasteiger partial charge >= 0.3 is 12.1 Å². The van der Waals surface area contributed by atoms with Gasteiger partial charge in [-0.15, -0.1) is 0 Å². The molecule has 1 unspecified atom stereocenters. The molecule has 2 saturated heterocycles. The summed E-state index contributed by atoms with van der Waals surface area (Å²) in [5.74, 6) is -0.278. The Hall–Kier alpha value is -4.10. The summed E-state index contributed by atoms with van der Waals surface area (Å²) in [5.41, 5.74) is 7.61. The minimum Gasteiger partial charge on any atom is -0.384 e. The smallest absolute Gasteiger partial charge is 0.338 e. The van der Waals surface area contributed by atoms with Gasteiger partial charge in [-0.05, 0) is 49.6 Å². The number of hydrogen-bond donors (Lipinski definition) is 3. The lowest BCUT2D eigenvalue weighted by Gasteiger charge is -2.37. The van der Waals surface area contributed by atoms with Gasteiger partial charge in [0.25, 0.3) is 15.9 Å². The quantitative estimate of drug-likeness (QED) is 0.413. The molecule has 1 atom stereocenters. The number of hydrogen-bond acceptors (Lipinski definition) is 8. The number of amides is 5. The van der Waals surface area contributed by atoms with Crippen molar-refractivity contribution in [3.8, 4) is 0 Å². The fourth-order valence-corrected chi connectivity index (χ4v) is 6.20. The van der Waals surface area contributed by atoms with Gasteiger partial charge in [-0.3, -0.25) is 9.69 Å². The number of nitrogens with zero attached hydrogens (tertiary/aromatic N) is 4. The number of fused-ring (bicyclic) bond motifs is 1. The summed E-state index contributed by atoms with van der Waals surface area (Å²) in [7, 11) is -4.16. The van der Waals surface area contributed by atoms with Crippen LogP contribution >= 0.6 is 11.6 Å². The first kappa shape index (κ1) is 28.4. The van der Waals surface area contributed by atoms with Gasteiger partial charge in [0, 0.05) is 54.9 Å². The summed E-state index contributed by atoms with van der Waals surface area (Å²) in [6, 6.07) is 12.2. The first-order valence-electron chi connectivity index (χ1n) is 13.2. The molecular formula is C27H30ClN7O5S. The predicted molar refractivity (Wildman–Crippen MR) is 155 cm³/mol. The Morgan fingerprint density at radius 2 is 1.68 bits per heavy atom. The number of sulfonamides is 1. The minimum absolute atomic E-state index is 0.0499. The Balaban J connectivity index is 1.21. The normalized spacial score (nSPS) is 18.2. The molecule has 2 aliphatic heterocycles. The summed E-state index contributed by atoms with van der Waals surface area (Å²) in [4.78, 5) is 48.1. The molecule has 41 heavy (non-hydrogen) atoms. The number of rotatable bonds is 4. The van der Waals surface area contributed by atoms with E-state index in [-0.39, 0.29) is 11.4 Å². The maximum atomic E-state index is 13.2. The Kier molecular flexibility index (Phi) is 8.18. The highest BCUT2D eigenvalue weighted by Gasteiger charge is 2.35. The van der Waals surface area contributed by atoms with Crippen molar-refractivity contribution in [3.05, 3.63) is 59.6 Å². The molecule has 3 heterocycles. The number of anilines is 2. The van der Waals surface area contributed by atoms with E-state index < -0.39 is 34.0 Å². The van der Waals surface area contributed by atoms with Gasteiger partial charge in [-0.1, -0.05) is 29.8 Å². The van der Waals surface area contributed by atoms with Crippen molar-refractivity contribution in [2.75, 3.05) is 43.4 Å². The first-order chi connectivity index (χ1) is 19.6. The van der Waals surface area contributed by atoms with E-state index in [0.717, 1.165) is 16.0 Å². The van der Waals surface area contributed by atoms with E-state index in [9.17, 15) is 22.8 Å². The topological polar surface area (TPSA) is 158 Å². The van der Waals surface area contributed by atoms with Crippen LogP contribution in [-0.2, 0) is 14.8 Å². The summed E-state index contributed by atoms with van der Waals surface area (Å²) < 4.78 is 27.2. The van der Waals surface area contributed by atoms with Crippen LogP contribution in [0.5, 0.6) is 0 Å². The third-order valence-electron chi connectivity index (χ3n) is 7.18. The van der Waals surface area contributed by atoms with E-state index in [1.165, 1.54) is 24.3 Å². The second kappa shape index (κ2) is 11.8. The fourth-order valence-electron chi connectivity index (χ4n) is 5.06. The van der Waals surface area contributed by atoms with E-state index in [2.05, 4.69) is 15.2 Å². The molecule has 5 amide bonds. The molecule has 0 bridgehead atoms. The molecule has 0 radical (unpaired) electrons. The second-order valence-electron chi connectivity index (χ2n) is 9.91. The van der Waals surface area contributed by atoms with Crippen molar-refractivity contribution >= 4 is 62.0 Å². The van der Waals surface area contributed by atoms with Gasteiger partial charge in [0.15, 0.2) is 0 Å². The predicted octanol–water partition coefficient (Wildman–Crippen LogP) is 2.78. The summed E-state index contributed by atoms with van der Waals surface area (Å²) in [6.07, 6.45) is 1.41. The molecule has 0 saturated carbocycles. The lowest BCUT2D eigenvalue weighted by Crippen LogP contribution is -2.57. The molecule has 0 aliphatic carbocycles. The van der Waals surface area contributed by atoms with E-state index in [4.69, 9.17) is 17.3 Å². The number of nitrogens with one attached hydrogen (secondary N) is 2. The number of aromatic nitrogens is 1. The van der Waals surface area contributed by atoms with Crippen LogP contribution in [0.1, 0.15) is 19.3 Å². The highest BCUT2D eigenvalue weighted by Crippen LogP contribution is 2.30. The molecule has 14 heteroatoms. The number of pyridine rings is 1.